The average molecular weight is 209 g/mol. The van der Waals surface area contributed by atoms with E-state index in [-0.39, 0.29) is 0 Å². The molecule has 0 spiro atoms. The third-order valence-corrected chi connectivity index (χ3v) is 3.59. The summed E-state index contributed by atoms with van der Waals surface area (Å²) >= 11 is 0. The zero-order valence-corrected chi connectivity index (χ0v) is 10.1. The number of rotatable bonds is 4. The second-order valence-electron chi connectivity index (χ2n) is 5.36. The Balaban J connectivity index is 1.76. The minimum absolute atomic E-state index is 0.451. The van der Waals surface area contributed by atoms with Crippen molar-refractivity contribution < 1.29 is 0 Å². The van der Waals surface area contributed by atoms with E-state index in [4.69, 9.17) is 0 Å². The van der Waals surface area contributed by atoms with E-state index < -0.39 is 0 Å². The third-order valence-electron chi connectivity index (χ3n) is 3.59. The Kier molecular flexibility index (Phi) is 2.89. The van der Waals surface area contributed by atoms with Crippen LogP contribution in [0.25, 0.3) is 0 Å². The molecule has 2 fully saturated rings. The van der Waals surface area contributed by atoms with Crippen molar-refractivity contribution in [3.05, 3.63) is 0 Å². The molecular formula is C12H23N3. The Morgan fingerprint density at radius 1 is 1.40 bits per heavy atom. The normalized spacial score (nSPS) is 24.1. The van der Waals surface area contributed by atoms with Crippen LogP contribution in [0.3, 0.4) is 0 Å². The first kappa shape index (κ1) is 10.8. The van der Waals surface area contributed by atoms with Crippen molar-refractivity contribution in [3.8, 4) is 0 Å². The summed E-state index contributed by atoms with van der Waals surface area (Å²) in [7, 11) is 1.84. The maximum absolute atomic E-state index is 4.23. The number of hydrogen-bond donors (Lipinski definition) is 2. The number of guanidine groups is 1. The highest BCUT2D eigenvalue weighted by Crippen LogP contribution is 2.60. The Morgan fingerprint density at radius 3 is 2.47 bits per heavy atom. The predicted molar refractivity (Wildman–Crippen MR) is 64.0 cm³/mol. The molecule has 3 heteroatoms. The second-order valence-corrected chi connectivity index (χ2v) is 5.36. The average Bonchev–Trinajstić information content (AvgIpc) is 3.01. The van der Waals surface area contributed by atoms with Crippen molar-refractivity contribution in [2.24, 2.45) is 16.3 Å². The van der Waals surface area contributed by atoms with E-state index in [1.165, 1.54) is 25.7 Å². The van der Waals surface area contributed by atoms with Gasteiger partial charge in [-0.3, -0.25) is 4.99 Å². The van der Waals surface area contributed by atoms with Gasteiger partial charge in [0.05, 0.1) is 0 Å². The Bertz CT molecular complexity index is 250. The summed E-state index contributed by atoms with van der Waals surface area (Å²) in [5.41, 5.74) is 0.647. The van der Waals surface area contributed by atoms with Crippen LogP contribution in [0.2, 0.25) is 0 Å². The van der Waals surface area contributed by atoms with Gasteiger partial charge in [-0.05, 0) is 50.9 Å². The number of nitrogens with zero attached hydrogens (tertiary/aromatic N) is 1. The molecule has 0 unspecified atom stereocenters. The van der Waals surface area contributed by atoms with Gasteiger partial charge in [0.1, 0.15) is 0 Å². The standard InChI is InChI=1S/C12H23N3/c1-9(2)15-11(13-3)14-8-12(6-7-12)10-4-5-10/h9-10H,4-8H2,1-3H3,(H2,13,14,15). The molecule has 0 aromatic carbocycles. The summed E-state index contributed by atoms with van der Waals surface area (Å²) in [6, 6.07) is 0.451. The van der Waals surface area contributed by atoms with Crippen molar-refractivity contribution in [3.63, 3.8) is 0 Å². The van der Waals surface area contributed by atoms with E-state index in [0.29, 0.717) is 11.5 Å². The summed E-state index contributed by atoms with van der Waals surface area (Å²) in [6.07, 6.45) is 5.75. The zero-order chi connectivity index (χ0) is 10.9. The summed E-state index contributed by atoms with van der Waals surface area (Å²) in [4.78, 5) is 4.23. The first-order valence-electron chi connectivity index (χ1n) is 6.13. The highest BCUT2D eigenvalue weighted by atomic mass is 15.2. The summed E-state index contributed by atoms with van der Waals surface area (Å²) < 4.78 is 0. The van der Waals surface area contributed by atoms with E-state index >= 15 is 0 Å². The van der Waals surface area contributed by atoms with Gasteiger partial charge in [-0.15, -0.1) is 0 Å². The monoisotopic (exact) mass is 209 g/mol. The van der Waals surface area contributed by atoms with Gasteiger partial charge in [0.15, 0.2) is 5.96 Å². The van der Waals surface area contributed by atoms with Gasteiger partial charge in [0.2, 0.25) is 0 Å². The lowest BCUT2D eigenvalue weighted by Gasteiger charge is -2.19. The van der Waals surface area contributed by atoms with Crippen LogP contribution < -0.4 is 10.6 Å². The molecular weight excluding hydrogens is 186 g/mol. The second kappa shape index (κ2) is 4.03. The van der Waals surface area contributed by atoms with Crippen LogP contribution in [-0.2, 0) is 0 Å². The maximum Gasteiger partial charge on any atom is 0.191 e. The quantitative estimate of drug-likeness (QED) is 0.546. The maximum atomic E-state index is 4.23. The van der Waals surface area contributed by atoms with Gasteiger partial charge in [0, 0.05) is 19.6 Å². The SMILES string of the molecule is CN=C(NCC1(C2CC2)CC1)NC(C)C. The van der Waals surface area contributed by atoms with Crippen LogP contribution in [0.5, 0.6) is 0 Å². The van der Waals surface area contributed by atoms with E-state index in [1.807, 2.05) is 7.05 Å². The fraction of sp³-hybridized carbons (Fsp3) is 0.917. The van der Waals surface area contributed by atoms with Gasteiger partial charge >= 0.3 is 0 Å². The lowest BCUT2D eigenvalue weighted by molar-refractivity contribution is 0.430. The smallest absolute Gasteiger partial charge is 0.191 e. The van der Waals surface area contributed by atoms with Crippen LogP contribution in [0.4, 0.5) is 0 Å². The van der Waals surface area contributed by atoms with Gasteiger partial charge in [0.25, 0.3) is 0 Å². The van der Waals surface area contributed by atoms with Crippen molar-refractivity contribution in [1.29, 1.82) is 0 Å². The van der Waals surface area contributed by atoms with Crippen LogP contribution in [0.15, 0.2) is 4.99 Å². The van der Waals surface area contributed by atoms with Crippen molar-refractivity contribution in [2.75, 3.05) is 13.6 Å². The number of nitrogens with one attached hydrogen (secondary N) is 2. The van der Waals surface area contributed by atoms with Gasteiger partial charge in [-0.1, -0.05) is 0 Å². The molecule has 86 valence electrons. The lowest BCUT2D eigenvalue weighted by Crippen LogP contribution is -2.43. The lowest BCUT2D eigenvalue weighted by atomic mass is 10.0. The molecule has 0 aromatic heterocycles. The van der Waals surface area contributed by atoms with E-state index in [2.05, 4.69) is 29.5 Å². The Morgan fingerprint density at radius 2 is 2.07 bits per heavy atom. The third kappa shape index (κ3) is 2.64. The fourth-order valence-corrected chi connectivity index (χ4v) is 2.31. The van der Waals surface area contributed by atoms with Crippen LogP contribution in [-0.4, -0.2) is 25.6 Å². The molecule has 2 N–H and O–H groups in total. The molecule has 0 heterocycles. The van der Waals surface area contributed by atoms with Crippen molar-refractivity contribution >= 4 is 5.96 Å². The van der Waals surface area contributed by atoms with Gasteiger partial charge < -0.3 is 10.6 Å². The molecule has 2 aliphatic carbocycles. The number of aliphatic imine (C=N–C) groups is 1. The van der Waals surface area contributed by atoms with Crippen molar-refractivity contribution in [1.82, 2.24) is 10.6 Å². The summed E-state index contributed by atoms with van der Waals surface area (Å²) in [5.74, 6) is 1.97. The minimum Gasteiger partial charge on any atom is -0.356 e. The molecule has 0 saturated heterocycles. The molecule has 2 rings (SSSR count). The highest BCUT2D eigenvalue weighted by Gasteiger charge is 2.53. The summed E-state index contributed by atoms with van der Waals surface area (Å²) in [6.45, 7) is 5.39. The molecule has 3 nitrogen and oxygen atoms in total. The predicted octanol–water partition coefficient (Wildman–Crippen LogP) is 1.75. The van der Waals surface area contributed by atoms with Crippen LogP contribution in [0.1, 0.15) is 39.5 Å². The van der Waals surface area contributed by atoms with Gasteiger partial charge in [-0.2, -0.15) is 0 Å². The molecule has 15 heavy (non-hydrogen) atoms. The van der Waals surface area contributed by atoms with E-state index in [1.54, 1.807) is 0 Å². The van der Waals surface area contributed by atoms with Gasteiger partial charge in [-0.25, -0.2) is 0 Å². The highest BCUT2D eigenvalue weighted by molar-refractivity contribution is 5.79. The van der Waals surface area contributed by atoms with E-state index in [9.17, 15) is 0 Å². The molecule has 2 aliphatic rings. The van der Waals surface area contributed by atoms with E-state index in [0.717, 1.165) is 18.4 Å². The molecule has 2 saturated carbocycles. The molecule has 0 amide bonds. The zero-order valence-electron chi connectivity index (χ0n) is 10.1. The molecule has 0 aromatic rings. The molecule has 0 aliphatic heterocycles. The minimum atomic E-state index is 0.451. The fourth-order valence-electron chi connectivity index (χ4n) is 2.31. The number of hydrogen-bond acceptors (Lipinski definition) is 1. The van der Waals surface area contributed by atoms with Crippen LogP contribution in [0, 0.1) is 11.3 Å². The topological polar surface area (TPSA) is 36.4 Å². The molecule has 0 radical (unpaired) electrons. The largest absolute Gasteiger partial charge is 0.356 e. The van der Waals surface area contributed by atoms with Crippen LogP contribution >= 0.6 is 0 Å². The molecule has 0 atom stereocenters. The van der Waals surface area contributed by atoms with Crippen molar-refractivity contribution in [2.45, 2.75) is 45.6 Å². The first-order valence-corrected chi connectivity index (χ1v) is 6.13. The first-order chi connectivity index (χ1) is 7.16. The molecule has 0 bridgehead atoms. The Hall–Kier alpha value is -0.730. The summed E-state index contributed by atoms with van der Waals surface area (Å²) in [5, 5.41) is 6.79. The Labute approximate surface area is 92.7 Å².